The van der Waals surface area contributed by atoms with Gasteiger partial charge in [-0.3, -0.25) is 0 Å². The van der Waals surface area contributed by atoms with Crippen molar-refractivity contribution in [2.45, 2.75) is 44.9 Å². The Morgan fingerprint density at radius 3 is 2.80 bits per heavy atom. The molecule has 0 aliphatic heterocycles. The Hall–Kier alpha value is 0. The van der Waals surface area contributed by atoms with E-state index >= 15 is 0 Å². The lowest BCUT2D eigenvalue weighted by Crippen LogP contribution is -2.42. The van der Waals surface area contributed by atoms with Gasteiger partial charge in [-0.1, -0.05) is 12.8 Å². The Kier molecular flexibility index (Phi) is 0.898. The van der Waals surface area contributed by atoms with Crippen LogP contribution in [0.15, 0.2) is 0 Å². The van der Waals surface area contributed by atoms with E-state index in [9.17, 15) is 0 Å². The molecule has 56 valence electrons. The minimum Gasteiger partial charge on any atom is -0.0530 e. The van der Waals surface area contributed by atoms with E-state index in [0.717, 1.165) is 5.41 Å². The summed E-state index contributed by atoms with van der Waals surface area (Å²) in [6, 6.07) is 0. The molecule has 2 bridgehead atoms. The molecule has 0 aromatic carbocycles. The highest BCUT2D eigenvalue weighted by Crippen LogP contribution is 2.68. The molecule has 0 saturated heterocycles. The van der Waals surface area contributed by atoms with Crippen LogP contribution in [0.25, 0.3) is 0 Å². The van der Waals surface area contributed by atoms with E-state index in [0.29, 0.717) is 0 Å². The fraction of sp³-hybridized carbons (Fsp3) is 1.00. The molecule has 1 spiro atoms. The van der Waals surface area contributed by atoms with Crippen LogP contribution in [0.5, 0.6) is 0 Å². The minimum atomic E-state index is 0.933. The summed E-state index contributed by atoms with van der Waals surface area (Å²) in [4.78, 5) is 0. The van der Waals surface area contributed by atoms with Gasteiger partial charge in [0.2, 0.25) is 0 Å². The number of hydrogen-bond donors (Lipinski definition) is 0. The minimum absolute atomic E-state index is 0.933. The normalized spacial score (nSPS) is 57.6. The van der Waals surface area contributed by atoms with Crippen LogP contribution in [0.1, 0.15) is 44.9 Å². The second-order valence-corrected chi connectivity index (χ2v) is 4.72. The van der Waals surface area contributed by atoms with Crippen LogP contribution in [-0.2, 0) is 0 Å². The highest BCUT2D eigenvalue weighted by molar-refractivity contribution is 5.08. The van der Waals surface area contributed by atoms with Gasteiger partial charge in [0.15, 0.2) is 0 Å². The van der Waals surface area contributed by atoms with Crippen molar-refractivity contribution in [1.82, 2.24) is 0 Å². The Morgan fingerprint density at radius 1 is 1.00 bits per heavy atom. The topological polar surface area (TPSA) is 0 Å². The maximum atomic E-state index is 1.62. The first kappa shape index (κ1) is 5.62. The first-order valence-corrected chi connectivity index (χ1v) is 4.91. The summed E-state index contributed by atoms with van der Waals surface area (Å²) < 4.78 is 0. The monoisotopic (exact) mass is 136 g/mol. The van der Waals surface area contributed by atoms with E-state index in [2.05, 4.69) is 0 Å². The summed E-state index contributed by atoms with van der Waals surface area (Å²) in [5.74, 6) is 2.40. The Morgan fingerprint density at radius 2 is 2.00 bits per heavy atom. The van der Waals surface area contributed by atoms with Crippen LogP contribution < -0.4 is 0 Å². The van der Waals surface area contributed by atoms with E-state index < -0.39 is 0 Å². The van der Waals surface area contributed by atoms with Crippen molar-refractivity contribution in [3.63, 3.8) is 0 Å². The van der Waals surface area contributed by atoms with Crippen LogP contribution in [0.2, 0.25) is 0 Å². The number of rotatable bonds is 0. The standard InChI is InChI=1S/C10H16/c1-2-5-10-6-4-8(7-10)9(10)3-1/h8-9H,1-7H2. The van der Waals surface area contributed by atoms with Gasteiger partial charge in [-0.15, -0.1) is 0 Å². The van der Waals surface area contributed by atoms with Crippen molar-refractivity contribution < 1.29 is 0 Å². The smallest absolute Gasteiger partial charge is 0.0264 e. The summed E-state index contributed by atoms with van der Waals surface area (Å²) >= 11 is 0. The van der Waals surface area contributed by atoms with Crippen molar-refractivity contribution in [3.05, 3.63) is 0 Å². The molecule has 0 N–H and O–H groups in total. The number of fused-ring (bicyclic) bond motifs is 1. The van der Waals surface area contributed by atoms with Crippen LogP contribution in [0.3, 0.4) is 0 Å². The van der Waals surface area contributed by atoms with Gasteiger partial charge in [-0.05, 0) is 49.4 Å². The molecule has 0 heterocycles. The van der Waals surface area contributed by atoms with Crippen molar-refractivity contribution in [1.29, 1.82) is 0 Å². The van der Waals surface area contributed by atoms with E-state index in [4.69, 9.17) is 0 Å². The Labute approximate surface area is 63.0 Å². The molecule has 4 fully saturated rings. The van der Waals surface area contributed by atoms with E-state index in [1.54, 1.807) is 44.9 Å². The molecule has 4 saturated carbocycles. The van der Waals surface area contributed by atoms with Gasteiger partial charge in [-0.2, -0.15) is 0 Å². The molecule has 4 aliphatic rings. The van der Waals surface area contributed by atoms with Gasteiger partial charge in [0.25, 0.3) is 0 Å². The zero-order valence-corrected chi connectivity index (χ0v) is 6.60. The zero-order chi connectivity index (χ0) is 6.60. The van der Waals surface area contributed by atoms with Gasteiger partial charge >= 0.3 is 0 Å². The molecule has 4 aliphatic carbocycles. The third-order valence-corrected chi connectivity index (χ3v) is 4.48. The summed E-state index contributed by atoms with van der Waals surface area (Å²) in [7, 11) is 0. The average molecular weight is 136 g/mol. The third-order valence-electron chi connectivity index (χ3n) is 4.48. The molecule has 10 heavy (non-hydrogen) atoms. The molecule has 3 atom stereocenters. The second kappa shape index (κ2) is 1.60. The van der Waals surface area contributed by atoms with Crippen LogP contribution in [0.4, 0.5) is 0 Å². The van der Waals surface area contributed by atoms with Gasteiger partial charge in [0, 0.05) is 0 Å². The lowest BCUT2D eigenvalue weighted by atomic mass is 9.54. The van der Waals surface area contributed by atoms with E-state index in [1.807, 2.05) is 0 Å². The van der Waals surface area contributed by atoms with Crippen molar-refractivity contribution in [3.8, 4) is 0 Å². The first-order valence-electron chi connectivity index (χ1n) is 4.91. The largest absolute Gasteiger partial charge is 0.0530 e. The van der Waals surface area contributed by atoms with Crippen LogP contribution in [0, 0.1) is 17.3 Å². The molecule has 0 nitrogen and oxygen atoms in total. The van der Waals surface area contributed by atoms with E-state index in [-0.39, 0.29) is 0 Å². The highest BCUT2D eigenvalue weighted by atomic mass is 14.6. The maximum Gasteiger partial charge on any atom is -0.0264 e. The third kappa shape index (κ3) is 0.466. The van der Waals surface area contributed by atoms with Gasteiger partial charge in [0.05, 0.1) is 0 Å². The van der Waals surface area contributed by atoms with Crippen molar-refractivity contribution >= 4 is 0 Å². The molecule has 0 aromatic heterocycles. The summed E-state index contributed by atoms with van der Waals surface area (Å²) in [6.07, 6.45) is 11.1. The SMILES string of the molecule is C1CCC23CCC(C2)C3C1. The van der Waals surface area contributed by atoms with Crippen LogP contribution >= 0.6 is 0 Å². The molecule has 0 radical (unpaired) electrons. The lowest BCUT2D eigenvalue weighted by molar-refractivity contribution is -0.0110. The second-order valence-electron chi connectivity index (χ2n) is 4.72. The quantitative estimate of drug-likeness (QED) is 0.480. The summed E-state index contributed by atoms with van der Waals surface area (Å²) in [5.41, 5.74) is 0.933. The number of hydrogen-bond acceptors (Lipinski definition) is 0. The predicted molar refractivity (Wildman–Crippen MR) is 41.7 cm³/mol. The molecule has 0 amide bonds. The van der Waals surface area contributed by atoms with Gasteiger partial charge < -0.3 is 0 Å². The van der Waals surface area contributed by atoms with Crippen molar-refractivity contribution in [2.24, 2.45) is 17.3 Å². The summed E-state index contributed by atoms with van der Waals surface area (Å²) in [5, 5.41) is 0. The first-order chi connectivity index (χ1) is 4.91. The average Bonchev–Trinajstić information content (AvgIpc) is 2.44. The van der Waals surface area contributed by atoms with Gasteiger partial charge in [-0.25, -0.2) is 0 Å². The Bertz CT molecular complexity index is 157. The predicted octanol–water partition coefficient (Wildman–Crippen LogP) is 2.98. The molecule has 0 heteroatoms. The highest BCUT2D eigenvalue weighted by Gasteiger charge is 2.58. The van der Waals surface area contributed by atoms with Crippen LogP contribution in [-0.4, -0.2) is 0 Å². The maximum absolute atomic E-state index is 1.62. The summed E-state index contributed by atoms with van der Waals surface area (Å²) in [6.45, 7) is 0. The lowest BCUT2D eigenvalue weighted by Gasteiger charge is -2.51. The molecule has 0 aromatic rings. The molecular formula is C10H16. The fourth-order valence-electron chi connectivity index (χ4n) is 4.01. The Balaban J connectivity index is 1.91. The van der Waals surface area contributed by atoms with Gasteiger partial charge in [0.1, 0.15) is 0 Å². The van der Waals surface area contributed by atoms with Crippen molar-refractivity contribution in [2.75, 3.05) is 0 Å². The van der Waals surface area contributed by atoms with E-state index in [1.165, 1.54) is 11.8 Å². The molecular weight excluding hydrogens is 120 g/mol. The molecule has 3 unspecified atom stereocenters. The fourth-order valence-corrected chi connectivity index (χ4v) is 4.01. The zero-order valence-electron chi connectivity index (χ0n) is 6.60. The molecule has 4 rings (SSSR count).